The highest BCUT2D eigenvalue weighted by molar-refractivity contribution is 6.01. The fourth-order valence-electron chi connectivity index (χ4n) is 2.75. The lowest BCUT2D eigenvalue weighted by atomic mass is 10.0. The monoisotopic (exact) mass is 290 g/mol. The Hall–Kier alpha value is -1.59. The molecule has 2 atom stereocenters. The summed E-state index contributed by atoms with van der Waals surface area (Å²) >= 11 is 0. The maximum absolute atomic E-state index is 12.5. The summed E-state index contributed by atoms with van der Waals surface area (Å²) in [4.78, 5) is 12.5. The van der Waals surface area contributed by atoms with Crippen molar-refractivity contribution in [1.82, 2.24) is 5.32 Å². The molecule has 0 saturated carbocycles. The third-order valence-corrected chi connectivity index (χ3v) is 4.01. The average molecular weight is 290 g/mol. The summed E-state index contributed by atoms with van der Waals surface area (Å²) in [5.41, 5.74) is 1.61. The van der Waals surface area contributed by atoms with E-state index in [9.17, 15) is 4.79 Å². The average Bonchev–Trinajstić information content (AvgIpc) is 3.05. The number of benzene rings is 1. The van der Waals surface area contributed by atoms with E-state index >= 15 is 0 Å². The van der Waals surface area contributed by atoms with E-state index in [-0.39, 0.29) is 17.9 Å². The van der Waals surface area contributed by atoms with Crippen LogP contribution in [0.15, 0.2) is 18.2 Å². The molecule has 2 N–H and O–H groups in total. The Labute approximate surface area is 125 Å². The highest BCUT2D eigenvalue weighted by atomic mass is 16.5. The summed E-state index contributed by atoms with van der Waals surface area (Å²) in [5, 5.41) is 6.53. The minimum absolute atomic E-state index is 0.100. The number of hydrogen-bond donors (Lipinski definition) is 2. The standard InChI is InChI=1S/C16H22N2O3/c1-11(18-10-13-3-2-7-20-13)16(19)12-4-5-15-14(9-12)17-6-8-21-15/h4-5,9,11,13,17-18H,2-3,6-8,10H2,1H3. The van der Waals surface area contributed by atoms with E-state index in [2.05, 4.69) is 10.6 Å². The minimum Gasteiger partial charge on any atom is -0.490 e. The number of ketones is 1. The second-order valence-corrected chi connectivity index (χ2v) is 5.62. The van der Waals surface area contributed by atoms with Crippen LogP contribution >= 0.6 is 0 Å². The van der Waals surface area contributed by atoms with Gasteiger partial charge in [-0.3, -0.25) is 4.79 Å². The third kappa shape index (κ3) is 3.36. The number of rotatable bonds is 5. The van der Waals surface area contributed by atoms with Crippen molar-refractivity contribution in [2.45, 2.75) is 31.9 Å². The first-order valence-electron chi connectivity index (χ1n) is 7.64. The number of carbonyl (C=O) groups excluding carboxylic acids is 1. The van der Waals surface area contributed by atoms with E-state index in [1.54, 1.807) is 0 Å². The maximum Gasteiger partial charge on any atom is 0.179 e. The molecular formula is C16H22N2O3. The summed E-state index contributed by atoms with van der Waals surface area (Å²) in [6.45, 7) is 4.92. The van der Waals surface area contributed by atoms with Gasteiger partial charge in [0.05, 0.1) is 17.8 Å². The van der Waals surface area contributed by atoms with Gasteiger partial charge < -0.3 is 20.1 Å². The lowest BCUT2D eigenvalue weighted by Gasteiger charge is -2.20. The topological polar surface area (TPSA) is 59.6 Å². The van der Waals surface area contributed by atoms with E-state index in [1.807, 2.05) is 25.1 Å². The van der Waals surface area contributed by atoms with Gasteiger partial charge in [0.15, 0.2) is 5.78 Å². The van der Waals surface area contributed by atoms with Crippen molar-refractivity contribution in [1.29, 1.82) is 0 Å². The van der Waals surface area contributed by atoms with E-state index in [0.29, 0.717) is 12.2 Å². The van der Waals surface area contributed by atoms with Gasteiger partial charge in [-0.05, 0) is 38.0 Å². The molecule has 1 fully saturated rings. The Kier molecular flexibility index (Phi) is 4.41. The number of hydrogen-bond acceptors (Lipinski definition) is 5. The van der Waals surface area contributed by atoms with Gasteiger partial charge in [0.25, 0.3) is 0 Å². The summed E-state index contributed by atoms with van der Waals surface area (Å²) in [6.07, 6.45) is 2.44. The van der Waals surface area contributed by atoms with Gasteiger partial charge in [-0.15, -0.1) is 0 Å². The van der Waals surface area contributed by atoms with Crippen LogP contribution in [0.5, 0.6) is 5.75 Å². The fourth-order valence-corrected chi connectivity index (χ4v) is 2.75. The van der Waals surface area contributed by atoms with Gasteiger partial charge in [0, 0.05) is 25.3 Å². The van der Waals surface area contributed by atoms with Crippen LogP contribution in [0.2, 0.25) is 0 Å². The molecule has 2 aliphatic rings. The molecule has 2 heterocycles. The molecule has 5 nitrogen and oxygen atoms in total. The quantitative estimate of drug-likeness (QED) is 0.810. The Morgan fingerprint density at radius 1 is 1.48 bits per heavy atom. The predicted octanol–water partition coefficient (Wildman–Crippen LogP) is 1.83. The lowest BCUT2D eigenvalue weighted by Crippen LogP contribution is -2.38. The minimum atomic E-state index is -0.211. The molecule has 1 aromatic rings. The van der Waals surface area contributed by atoms with Crippen LogP contribution in [0, 0.1) is 0 Å². The van der Waals surface area contributed by atoms with Crippen LogP contribution in [0.3, 0.4) is 0 Å². The van der Waals surface area contributed by atoms with Crippen LogP contribution in [-0.4, -0.2) is 44.2 Å². The van der Waals surface area contributed by atoms with Crippen LogP contribution in [-0.2, 0) is 4.74 Å². The van der Waals surface area contributed by atoms with Gasteiger partial charge in [-0.25, -0.2) is 0 Å². The Bertz CT molecular complexity index is 512. The molecule has 21 heavy (non-hydrogen) atoms. The van der Waals surface area contributed by atoms with Gasteiger partial charge in [-0.2, -0.15) is 0 Å². The van der Waals surface area contributed by atoms with Crippen molar-refractivity contribution >= 4 is 11.5 Å². The molecule has 0 aromatic heterocycles. The Balaban J connectivity index is 1.60. The zero-order valence-corrected chi connectivity index (χ0v) is 12.4. The summed E-state index contributed by atoms with van der Waals surface area (Å²) < 4.78 is 11.1. The molecule has 0 radical (unpaired) electrons. The fraction of sp³-hybridized carbons (Fsp3) is 0.562. The number of nitrogens with one attached hydrogen (secondary N) is 2. The van der Waals surface area contributed by atoms with E-state index in [1.165, 1.54) is 0 Å². The molecule has 0 bridgehead atoms. The molecule has 1 saturated heterocycles. The van der Waals surface area contributed by atoms with Crippen LogP contribution < -0.4 is 15.4 Å². The maximum atomic E-state index is 12.5. The van der Waals surface area contributed by atoms with E-state index in [0.717, 1.165) is 44.0 Å². The lowest BCUT2D eigenvalue weighted by molar-refractivity contribution is 0.0902. The number of carbonyl (C=O) groups is 1. The van der Waals surface area contributed by atoms with Gasteiger partial charge in [-0.1, -0.05) is 0 Å². The molecule has 2 aliphatic heterocycles. The highest BCUT2D eigenvalue weighted by Crippen LogP contribution is 2.28. The zero-order valence-electron chi connectivity index (χ0n) is 12.4. The first-order chi connectivity index (χ1) is 10.2. The molecule has 1 aromatic carbocycles. The Morgan fingerprint density at radius 3 is 3.19 bits per heavy atom. The third-order valence-electron chi connectivity index (χ3n) is 4.01. The van der Waals surface area contributed by atoms with Crippen molar-refractivity contribution in [3.63, 3.8) is 0 Å². The first-order valence-corrected chi connectivity index (χ1v) is 7.64. The molecule has 0 aliphatic carbocycles. The van der Waals surface area contributed by atoms with Gasteiger partial charge >= 0.3 is 0 Å². The van der Waals surface area contributed by atoms with E-state index in [4.69, 9.17) is 9.47 Å². The number of ether oxygens (including phenoxy) is 2. The first kappa shape index (κ1) is 14.4. The number of anilines is 1. The normalized spacial score (nSPS) is 22.0. The molecule has 114 valence electrons. The predicted molar refractivity (Wildman–Crippen MR) is 81.2 cm³/mol. The smallest absolute Gasteiger partial charge is 0.179 e. The highest BCUT2D eigenvalue weighted by Gasteiger charge is 2.21. The molecule has 5 heteroatoms. The molecule has 0 amide bonds. The van der Waals surface area contributed by atoms with Crippen LogP contribution in [0.4, 0.5) is 5.69 Å². The van der Waals surface area contributed by atoms with Crippen LogP contribution in [0.25, 0.3) is 0 Å². The second kappa shape index (κ2) is 6.45. The van der Waals surface area contributed by atoms with Gasteiger partial charge in [0.1, 0.15) is 12.4 Å². The molecule has 0 spiro atoms. The molecule has 2 unspecified atom stereocenters. The van der Waals surface area contributed by atoms with Crippen molar-refractivity contribution in [3.05, 3.63) is 23.8 Å². The van der Waals surface area contributed by atoms with Gasteiger partial charge in [0.2, 0.25) is 0 Å². The molecular weight excluding hydrogens is 268 g/mol. The van der Waals surface area contributed by atoms with Crippen molar-refractivity contribution in [3.8, 4) is 5.75 Å². The number of Topliss-reactive ketones (excluding diaryl/α,β-unsaturated/α-hetero) is 1. The largest absolute Gasteiger partial charge is 0.490 e. The van der Waals surface area contributed by atoms with Crippen molar-refractivity contribution in [2.24, 2.45) is 0 Å². The Morgan fingerprint density at radius 2 is 2.38 bits per heavy atom. The summed E-state index contributed by atoms with van der Waals surface area (Å²) in [7, 11) is 0. The van der Waals surface area contributed by atoms with Crippen molar-refractivity contribution in [2.75, 3.05) is 31.6 Å². The number of fused-ring (bicyclic) bond motifs is 1. The second-order valence-electron chi connectivity index (χ2n) is 5.62. The van der Waals surface area contributed by atoms with Crippen molar-refractivity contribution < 1.29 is 14.3 Å². The SMILES string of the molecule is CC(NCC1CCCO1)C(=O)c1ccc2c(c1)NCCO2. The summed E-state index contributed by atoms with van der Waals surface area (Å²) in [6, 6.07) is 5.36. The van der Waals surface area contributed by atoms with Crippen LogP contribution in [0.1, 0.15) is 30.1 Å². The molecule has 3 rings (SSSR count). The zero-order chi connectivity index (χ0) is 14.7. The summed E-state index contributed by atoms with van der Waals surface area (Å²) in [5.74, 6) is 0.918. The van der Waals surface area contributed by atoms with E-state index < -0.39 is 0 Å².